The van der Waals surface area contributed by atoms with Crippen LogP contribution in [-0.4, -0.2) is 6.61 Å². The molecule has 0 saturated carbocycles. The molecule has 1 unspecified atom stereocenters. The van der Waals surface area contributed by atoms with Crippen LogP contribution in [0.1, 0.15) is 22.8 Å². The Bertz CT molecular complexity index is 448. The van der Waals surface area contributed by atoms with Crippen LogP contribution in [0.5, 0.6) is 0 Å². The number of alkyl halides is 3. The fraction of sp³-hybridized carbons (Fsp3) is 0.364. The van der Waals surface area contributed by atoms with Crippen LogP contribution in [0.3, 0.4) is 0 Å². The quantitative estimate of drug-likeness (QED) is 0.682. The molecule has 0 saturated heterocycles. The fourth-order valence-corrected chi connectivity index (χ4v) is 1.87. The largest absolute Gasteiger partial charge is 0.416 e. The number of rotatable bonds is 0. The number of fused-ring (bicyclic) bond motifs is 1. The van der Waals surface area contributed by atoms with Crippen LogP contribution >= 0.6 is 0 Å². The van der Waals surface area contributed by atoms with Gasteiger partial charge < -0.3 is 4.74 Å². The van der Waals surface area contributed by atoms with E-state index in [4.69, 9.17) is 10.00 Å². The van der Waals surface area contributed by atoms with Gasteiger partial charge in [0.2, 0.25) is 0 Å². The van der Waals surface area contributed by atoms with E-state index in [-0.39, 0.29) is 18.6 Å². The smallest absolute Gasteiger partial charge is 0.358 e. The number of nitriles is 1. The third-order valence-corrected chi connectivity index (χ3v) is 2.55. The van der Waals surface area contributed by atoms with Gasteiger partial charge in [-0.25, -0.2) is 0 Å². The lowest BCUT2D eigenvalue weighted by Crippen LogP contribution is -2.20. The van der Waals surface area contributed by atoms with Crippen molar-refractivity contribution in [3.05, 3.63) is 34.9 Å². The molecule has 0 radical (unpaired) electrons. The molecule has 0 amide bonds. The highest BCUT2D eigenvalue weighted by molar-refractivity contribution is 5.41. The number of nitrogens with zero attached hydrogens (tertiary/aromatic N) is 1. The van der Waals surface area contributed by atoms with Gasteiger partial charge in [0, 0.05) is 0 Å². The molecule has 1 aromatic rings. The molecular weight excluding hydrogens is 219 g/mol. The van der Waals surface area contributed by atoms with Gasteiger partial charge in [-0.05, 0) is 23.6 Å². The van der Waals surface area contributed by atoms with E-state index in [9.17, 15) is 13.2 Å². The molecule has 0 aromatic heterocycles. The topological polar surface area (TPSA) is 33.0 Å². The second-order valence-electron chi connectivity index (χ2n) is 3.50. The van der Waals surface area contributed by atoms with Gasteiger partial charge in [0.15, 0.2) is 6.10 Å². The molecule has 0 N–H and O–H groups in total. The van der Waals surface area contributed by atoms with E-state index in [0.29, 0.717) is 5.56 Å². The molecule has 2 rings (SSSR count). The maximum Gasteiger partial charge on any atom is 0.416 e. The predicted molar refractivity (Wildman–Crippen MR) is 49.5 cm³/mol. The molecule has 0 spiro atoms. The van der Waals surface area contributed by atoms with Gasteiger partial charge in [0.1, 0.15) is 0 Å². The molecular formula is C11H8F3NO. The Morgan fingerprint density at radius 2 is 2.12 bits per heavy atom. The molecule has 1 heterocycles. The first-order valence-corrected chi connectivity index (χ1v) is 4.74. The first kappa shape index (κ1) is 11.0. The van der Waals surface area contributed by atoms with Crippen molar-refractivity contribution in [1.82, 2.24) is 0 Å². The molecule has 0 bridgehead atoms. The highest BCUT2D eigenvalue weighted by Crippen LogP contribution is 2.37. The van der Waals surface area contributed by atoms with E-state index in [0.717, 1.165) is 6.07 Å². The van der Waals surface area contributed by atoms with E-state index in [1.54, 1.807) is 0 Å². The second kappa shape index (κ2) is 3.80. The average molecular weight is 227 g/mol. The minimum absolute atomic E-state index is 0.151. The Kier molecular flexibility index (Phi) is 2.60. The Morgan fingerprint density at radius 3 is 2.75 bits per heavy atom. The van der Waals surface area contributed by atoms with Crippen molar-refractivity contribution < 1.29 is 17.9 Å². The zero-order chi connectivity index (χ0) is 11.8. The summed E-state index contributed by atoms with van der Waals surface area (Å²) in [5, 5.41) is 8.78. The lowest BCUT2D eigenvalue weighted by atomic mass is 9.93. The predicted octanol–water partition coefficient (Wildman–Crippen LogP) is 2.84. The van der Waals surface area contributed by atoms with Crippen molar-refractivity contribution in [2.75, 3.05) is 6.61 Å². The van der Waals surface area contributed by atoms with Crippen LogP contribution in [0.25, 0.3) is 0 Å². The van der Waals surface area contributed by atoms with Crippen LogP contribution in [0.2, 0.25) is 0 Å². The molecule has 0 aliphatic carbocycles. The van der Waals surface area contributed by atoms with Gasteiger partial charge in [0.05, 0.1) is 18.2 Å². The maximum atomic E-state index is 12.7. The Hall–Kier alpha value is -1.54. The summed E-state index contributed by atoms with van der Waals surface area (Å²) in [6.07, 6.45) is -5.06. The van der Waals surface area contributed by atoms with Crippen LogP contribution in [0.15, 0.2) is 18.2 Å². The summed E-state index contributed by atoms with van der Waals surface area (Å²) in [6, 6.07) is 5.71. The van der Waals surface area contributed by atoms with Crippen LogP contribution in [-0.2, 0) is 17.3 Å². The minimum atomic E-state index is -4.37. The summed E-state index contributed by atoms with van der Waals surface area (Å²) in [5.74, 6) is 0. The fourth-order valence-electron chi connectivity index (χ4n) is 1.87. The van der Waals surface area contributed by atoms with E-state index >= 15 is 0 Å². The van der Waals surface area contributed by atoms with Gasteiger partial charge >= 0.3 is 6.18 Å². The first-order chi connectivity index (χ1) is 7.54. The normalized spacial score (nSPS) is 20.0. The molecule has 16 heavy (non-hydrogen) atoms. The van der Waals surface area contributed by atoms with Crippen molar-refractivity contribution in [1.29, 1.82) is 5.26 Å². The van der Waals surface area contributed by atoms with E-state index in [1.165, 1.54) is 12.1 Å². The summed E-state index contributed by atoms with van der Waals surface area (Å²) in [7, 11) is 0. The monoisotopic (exact) mass is 227 g/mol. The van der Waals surface area contributed by atoms with Gasteiger partial charge in [-0.3, -0.25) is 0 Å². The standard InChI is InChI=1S/C11H8F3NO/c12-11(13,14)9-3-1-2-8-7(9)4-5-16-10(8)6-15/h1-3,10H,4-5H2. The summed E-state index contributed by atoms with van der Waals surface area (Å²) < 4.78 is 43.1. The molecule has 0 fully saturated rings. The number of ether oxygens (including phenoxy) is 1. The van der Waals surface area contributed by atoms with E-state index in [1.807, 2.05) is 6.07 Å². The molecule has 5 heteroatoms. The van der Waals surface area contributed by atoms with E-state index < -0.39 is 17.8 Å². The minimum Gasteiger partial charge on any atom is -0.358 e. The van der Waals surface area contributed by atoms with Crippen molar-refractivity contribution in [3.8, 4) is 6.07 Å². The number of benzene rings is 1. The first-order valence-electron chi connectivity index (χ1n) is 4.74. The van der Waals surface area contributed by atoms with Gasteiger partial charge in [-0.1, -0.05) is 12.1 Å². The lowest BCUT2D eigenvalue weighted by Gasteiger charge is -2.24. The summed E-state index contributed by atoms with van der Waals surface area (Å²) >= 11 is 0. The molecule has 1 atom stereocenters. The van der Waals surface area contributed by atoms with Gasteiger partial charge in [0.25, 0.3) is 0 Å². The number of hydrogen-bond acceptors (Lipinski definition) is 2. The van der Waals surface area contributed by atoms with Crippen molar-refractivity contribution in [3.63, 3.8) is 0 Å². The maximum absolute atomic E-state index is 12.7. The molecule has 1 aliphatic rings. The number of halogens is 3. The van der Waals surface area contributed by atoms with E-state index in [2.05, 4.69) is 0 Å². The average Bonchev–Trinajstić information content (AvgIpc) is 2.26. The molecule has 2 nitrogen and oxygen atoms in total. The molecule has 84 valence electrons. The molecule has 1 aliphatic heterocycles. The SMILES string of the molecule is N#CC1OCCc2c1cccc2C(F)(F)F. The van der Waals surface area contributed by atoms with Crippen molar-refractivity contribution in [2.45, 2.75) is 18.7 Å². The van der Waals surface area contributed by atoms with Crippen molar-refractivity contribution >= 4 is 0 Å². The Labute approximate surface area is 90.3 Å². The van der Waals surface area contributed by atoms with Crippen LogP contribution < -0.4 is 0 Å². The zero-order valence-electron chi connectivity index (χ0n) is 8.21. The highest BCUT2D eigenvalue weighted by atomic mass is 19.4. The van der Waals surface area contributed by atoms with Crippen molar-refractivity contribution in [2.24, 2.45) is 0 Å². The summed E-state index contributed by atoms with van der Waals surface area (Å²) in [4.78, 5) is 0. The van der Waals surface area contributed by atoms with Gasteiger partial charge in [-0.2, -0.15) is 18.4 Å². The third kappa shape index (κ3) is 1.76. The summed E-state index contributed by atoms with van der Waals surface area (Å²) in [6.45, 7) is 0.151. The van der Waals surface area contributed by atoms with Crippen LogP contribution in [0.4, 0.5) is 13.2 Å². The zero-order valence-corrected chi connectivity index (χ0v) is 8.21. The summed E-state index contributed by atoms with van der Waals surface area (Å²) in [5.41, 5.74) is -0.134. The lowest BCUT2D eigenvalue weighted by molar-refractivity contribution is -0.138. The van der Waals surface area contributed by atoms with Gasteiger partial charge in [-0.15, -0.1) is 0 Å². The highest BCUT2D eigenvalue weighted by Gasteiger charge is 2.36. The second-order valence-corrected chi connectivity index (χ2v) is 3.50. The number of hydrogen-bond donors (Lipinski definition) is 0. The molecule has 1 aromatic carbocycles. The Balaban J connectivity index is 2.56. The van der Waals surface area contributed by atoms with Crippen LogP contribution in [0, 0.1) is 11.3 Å². The third-order valence-electron chi connectivity index (χ3n) is 2.55. The Morgan fingerprint density at radius 1 is 1.38 bits per heavy atom.